The molecule has 26 heavy (non-hydrogen) atoms. The third kappa shape index (κ3) is 4.07. The number of hydrogen-bond acceptors (Lipinski definition) is 5. The highest BCUT2D eigenvalue weighted by atomic mass is 35.5. The molecule has 3 aromatic rings. The number of aromatic nitrogens is 2. The fourth-order valence-corrected chi connectivity index (χ4v) is 2.49. The van der Waals surface area contributed by atoms with Gasteiger partial charge in [0.25, 0.3) is 11.8 Å². The summed E-state index contributed by atoms with van der Waals surface area (Å²) in [4.78, 5) is 28.7. The molecule has 0 unspecified atom stereocenters. The monoisotopic (exact) mass is 370 g/mol. The Hall–Kier alpha value is -3.19. The van der Waals surface area contributed by atoms with Crippen LogP contribution < -0.4 is 10.6 Å². The number of nitrogens with zero attached hydrogens (tertiary/aromatic N) is 2. The number of nitrogens with one attached hydrogen (secondary N) is 2. The molecule has 0 aliphatic carbocycles. The number of anilines is 2. The van der Waals surface area contributed by atoms with Gasteiger partial charge in [0.2, 0.25) is 0 Å². The maximum Gasteiger partial charge on any atom is 0.274 e. The molecule has 0 atom stereocenters. The summed E-state index contributed by atoms with van der Waals surface area (Å²) in [6.07, 6.45) is 1.40. The lowest BCUT2D eigenvalue weighted by molar-refractivity contribution is 0.102. The van der Waals surface area contributed by atoms with E-state index >= 15 is 0 Å². The van der Waals surface area contributed by atoms with Crippen LogP contribution in [0.5, 0.6) is 0 Å². The van der Waals surface area contributed by atoms with Gasteiger partial charge in [-0.15, -0.1) is 0 Å². The molecule has 0 aliphatic rings. The smallest absolute Gasteiger partial charge is 0.274 e. The molecule has 0 saturated carbocycles. The lowest BCUT2D eigenvalue weighted by Gasteiger charge is -2.09. The van der Waals surface area contributed by atoms with Gasteiger partial charge in [0.1, 0.15) is 11.5 Å². The standard InChI is InChI=1S/C18H15ClN4O3/c1-10-7-13(19)3-4-14(10)21-18(25)15-9-12(5-6-20-15)17(24)22-16-8-11(2)26-23-16/h3-9H,1-2H3,(H,21,25)(H,22,23,24). The molecule has 0 aliphatic heterocycles. The summed E-state index contributed by atoms with van der Waals surface area (Å²) >= 11 is 5.91. The quantitative estimate of drug-likeness (QED) is 0.727. The molecule has 2 amide bonds. The van der Waals surface area contributed by atoms with Crippen molar-refractivity contribution in [1.82, 2.24) is 10.1 Å². The van der Waals surface area contributed by atoms with Crippen LogP contribution in [0.3, 0.4) is 0 Å². The minimum Gasteiger partial charge on any atom is -0.360 e. The minimum absolute atomic E-state index is 0.114. The van der Waals surface area contributed by atoms with E-state index in [4.69, 9.17) is 16.1 Å². The van der Waals surface area contributed by atoms with E-state index in [0.717, 1.165) is 5.56 Å². The van der Waals surface area contributed by atoms with E-state index in [-0.39, 0.29) is 11.3 Å². The first-order valence-electron chi connectivity index (χ1n) is 7.70. The van der Waals surface area contributed by atoms with Crippen LogP contribution in [0.2, 0.25) is 5.02 Å². The van der Waals surface area contributed by atoms with Gasteiger partial charge < -0.3 is 15.2 Å². The van der Waals surface area contributed by atoms with E-state index in [9.17, 15) is 9.59 Å². The number of carbonyl (C=O) groups excluding carboxylic acids is 2. The van der Waals surface area contributed by atoms with E-state index in [1.165, 1.54) is 18.3 Å². The molecule has 1 aromatic carbocycles. The summed E-state index contributed by atoms with van der Waals surface area (Å²) in [5, 5.41) is 9.63. The first-order chi connectivity index (χ1) is 12.4. The van der Waals surface area contributed by atoms with Crippen molar-refractivity contribution in [2.24, 2.45) is 0 Å². The lowest BCUT2D eigenvalue weighted by atomic mass is 10.1. The Kier molecular flexibility index (Phi) is 4.99. The summed E-state index contributed by atoms with van der Waals surface area (Å²) in [5.41, 5.74) is 1.83. The zero-order valence-corrected chi connectivity index (χ0v) is 14.8. The molecular formula is C18H15ClN4O3. The van der Waals surface area contributed by atoms with Crippen molar-refractivity contribution in [1.29, 1.82) is 0 Å². The summed E-state index contributed by atoms with van der Waals surface area (Å²) < 4.78 is 4.90. The average Bonchev–Trinajstić information content (AvgIpc) is 3.02. The molecule has 2 heterocycles. The van der Waals surface area contributed by atoms with Crippen LogP contribution in [-0.4, -0.2) is 22.0 Å². The van der Waals surface area contributed by atoms with Crippen LogP contribution in [-0.2, 0) is 0 Å². The normalized spacial score (nSPS) is 10.4. The van der Waals surface area contributed by atoms with E-state index in [0.29, 0.717) is 22.3 Å². The van der Waals surface area contributed by atoms with Crippen molar-refractivity contribution < 1.29 is 14.1 Å². The van der Waals surface area contributed by atoms with Gasteiger partial charge in [-0.3, -0.25) is 14.6 Å². The second-order valence-corrected chi connectivity index (χ2v) is 6.06. The topological polar surface area (TPSA) is 97.1 Å². The van der Waals surface area contributed by atoms with Gasteiger partial charge >= 0.3 is 0 Å². The molecule has 0 fully saturated rings. The summed E-state index contributed by atoms with van der Waals surface area (Å²) in [6, 6.07) is 9.64. The summed E-state index contributed by atoms with van der Waals surface area (Å²) in [7, 11) is 0. The molecule has 0 bridgehead atoms. The van der Waals surface area contributed by atoms with Crippen LogP contribution in [0.1, 0.15) is 32.2 Å². The van der Waals surface area contributed by atoms with Crippen LogP contribution in [0.4, 0.5) is 11.5 Å². The second kappa shape index (κ2) is 7.37. The van der Waals surface area contributed by atoms with Crippen molar-refractivity contribution >= 4 is 34.9 Å². The molecule has 0 saturated heterocycles. The zero-order valence-electron chi connectivity index (χ0n) is 14.0. The molecule has 8 heteroatoms. The lowest BCUT2D eigenvalue weighted by Crippen LogP contribution is -2.17. The van der Waals surface area contributed by atoms with Crippen molar-refractivity contribution in [3.8, 4) is 0 Å². The van der Waals surface area contributed by atoms with Crippen molar-refractivity contribution in [3.05, 3.63) is 70.2 Å². The fourth-order valence-electron chi connectivity index (χ4n) is 2.26. The molecule has 2 aromatic heterocycles. The predicted octanol–water partition coefficient (Wildman–Crippen LogP) is 3.84. The van der Waals surface area contributed by atoms with E-state index in [2.05, 4.69) is 20.8 Å². The molecule has 2 N–H and O–H groups in total. The van der Waals surface area contributed by atoms with Crippen LogP contribution in [0, 0.1) is 13.8 Å². The fraction of sp³-hybridized carbons (Fsp3) is 0.111. The van der Waals surface area contributed by atoms with Crippen molar-refractivity contribution in [2.45, 2.75) is 13.8 Å². The first-order valence-corrected chi connectivity index (χ1v) is 8.08. The third-order valence-electron chi connectivity index (χ3n) is 3.56. The van der Waals surface area contributed by atoms with Crippen LogP contribution in [0.25, 0.3) is 0 Å². The maximum absolute atomic E-state index is 12.4. The predicted molar refractivity (Wildman–Crippen MR) is 97.6 cm³/mol. The second-order valence-electron chi connectivity index (χ2n) is 5.62. The van der Waals surface area contributed by atoms with Gasteiger partial charge in [0.05, 0.1) is 0 Å². The molecule has 132 valence electrons. The van der Waals surface area contributed by atoms with Crippen LogP contribution in [0.15, 0.2) is 47.1 Å². The average molecular weight is 371 g/mol. The highest BCUT2D eigenvalue weighted by Gasteiger charge is 2.14. The largest absolute Gasteiger partial charge is 0.360 e. The Morgan fingerprint density at radius 3 is 2.54 bits per heavy atom. The van der Waals surface area contributed by atoms with Gasteiger partial charge in [0, 0.05) is 28.5 Å². The van der Waals surface area contributed by atoms with E-state index in [1.54, 1.807) is 31.2 Å². The molecule has 0 spiro atoms. The Morgan fingerprint density at radius 1 is 1.04 bits per heavy atom. The summed E-state index contributed by atoms with van der Waals surface area (Å²) in [6.45, 7) is 3.55. The minimum atomic E-state index is -0.428. The number of hydrogen-bond donors (Lipinski definition) is 2. The Labute approximate surface area is 154 Å². The number of amides is 2. The molecule has 0 radical (unpaired) electrons. The van der Waals surface area contributed by atoms with Gasteiger partial charge in [0.15, 0.2) is 5.82 Å². The van der Waals surface area contributed by atoms with Crippen molar-refractivity contribution in [3.63, 3.8) is 0 Å². The van der Waals surface area contributed by atoms with Gasteiger partial charge in [-0.2, -0.15) is 0 Å². The first kappa shape index (κ1) is 17.6. The van der Waals surface area contributed by atoms with Gasteiger partial charge in [-0.05, 0) is 49.7 Å². The highest BCUT2D eigenvalue weighted by Crippen LogP contribution is 2.20. The zero-order chi connectivity index (χ0) is 18.7. The molecule has 3 rings (SSSR count). The molecule has 7 nitrogen and oxygen atoms in total. The van der Waals surface area contributed by atoms with Crippen molar-refractivity contribution in [2.75, 3.05) is 10.6 Å². The number of benzene rings is 1. The number of carbonyl (C=O) groups is 2. The van der Waals surface area contributed by atoms with Gasteiger partial charge in [-0.25, -0.2) is 0 Å². The number of rotatable bonds is 4. The summed E-state index contributed by atoms with van der Waals surface area (Å²) in [5.74, 6) is 0.0281. The third-order valence-corrected chi connectivity index (χ3v) is 3.80. The van der Waals surface area contributed by atoms with Gasteiger partial charge in [-0.1, -0.05) is 16.8 Å². The van der Waals surface area contributed by atoms with E-state index < -0.39 is 11.8 Å². The van der Waals surface area contributed by atoms with Crippen LogP contribution >= 0.6 is 11.6 Å². The highest BCUT2D eigenvalue weighted by molar-refractivity contribution is 6.30. The molecular weight excluding hydrogens is 356 g/mol. The number of halogens is 1. The number of pyridine rings is 1. The maximum atomic E-state index is 12.4. The Balaban J connectivity index is 1.75. The Morgan fingerprint density at radius 2 is 1.85 bits per heavy atom. The van der Waals surface area contributed by atoms with E-state index in [1.807, 2.05) is 6.92 Å². The number of aryl methyl sites for hydroxylation is 2. The Bertz CT molecular complexity index is 984. The SMILES string of the molecule is Cc1cc(NC(=O)c2ccnc(C(=O)Nc3ccc(Cl)cc3C)c2)no1.